The van der Waals surface area contributed by atoms with E-state index < -0.39 is 0 Å². The van der Waals surface area contributed by atoms with Gasteiger partial charge in [-0.15, -0.1) is 0 Å². The van der Waals surface area contributed by atoms with Crippen molar-refractivity contribution in [3.05, 3.63) is 0 Å². The summed E-state index contributed by atoms with van der Waals surface area (Å²) in [6.45, 7) is 1.45. The maximum absolute atomic E-state index is 12.2. The second-order valence-corrected chi connectivity index (χ2v) is 9.65. The molecule has 1 N–H and O–H groups in total. The van der Waals surface area contributed by atoms with E-state index in [-0.39, 0.29) is 11.4 Å². The molecule has 0 aromatic heterocycles. The summed E-state index contributed by atoms with van der Waals surface area (Å²) in [5.74, 6) is 1.72. The molecular formula is C16H27BrNO2+. The summed E-state index contributed by atoms with van der Waals surface area (Å²) in [6, 6.07) is 0. The lowest BCUT2D eigenvalue weighted by molar-refractivity contribution is -0.858. The van der Waals surface area contributed by atoms with Crippen molar-refractivity contribution in [3.63, 3.8) is 0 Å². The third kappa shape index (κ3) is 3.06. The minimum Gasteiger partial charge on any atom is -0.460 e. The summed E-state index contributed by atoms with van der Waals surface area (Å²) in [7, 11) is 4.17. The summed E-state index contributed by atoms with van der Waals surface area (Å²) in [5, 5.41) is 0. The first-order valence-electron chi connectivity index (χ1n) is 8.02. The Labute approximate surface area is 130 Å². The molecule has 4 rings (SSSR count). The molecule has 0 spiro atoms. The third-order valence-corrected chi connectivity index (χ3v) is 6.42. The molecule has 4 aliphatic rings. The number of nitrogens with one attached hydrogen (secondary N) is 1. The van der Waals surface area contributed by atoms with Gasteiger partial charge < -0.3 is 9.64 Å². The molecule has 4 fully saturated rings. The van der Waals surface area contributed by atoms with Crippen LogP contribution in [-0.2, 0) is 9.53 Å². The van der Waals surface area contributed by atoms with Crippen molar-refractivity contribution in [1.82, 2.24) is 0 Å². The first-order valence-corrected chi connectivity index (χ1v) is 8.81. The number of halogens is 1. The molecule has 0 aromatic carbocycles. The van der Waals surface area contributed by atoms with Gasteiger partial charge in [-0.05, 0) is 55.8 Å². The van der Waals surface area contributed by atoms with Crippen LogP contribution < -0.4 is 4.90 Å². The van der Waals surface area contributed by atoms with Crippen molar-refractivity contribution >= 4 is 21.9 Å². The molecule has 4 bridgehead atoms. The number of rotatable bonds is 5. The molecule has 4 atom stereocenters. The number of ether oxygens (including phenoxy) is 1. The number of hydrogen-bond donors (Lipinski definition) is 1. The molecule has 4 aliphatic carbocycles. The van der Waals surface area contributed by atoms with Gasteiger partial charge in [0.05, 0.1) is 20.5 Å². The maximum Gasteiger partial charge on any atom is 0.306 e. The zero-order chi connectivity index (χ0) is 14.4. The second kappa shape index (κ2) is 5.28. The number of quaternary nitrogens is 1. The first kappa shape index (κ1) is 14.8. The van der Waals surface area contributed by atoms with Crippen molar-refractivity contribution in [1.29, 1.82) is 0 Å². The van der Waals surface area contributed by atoms with Crippen molar-refractivity contribution in [2.75, 3.05) is 27.2 Å². The molecule has 114 valence electrons. The molecule has 0 radical (unpaired) electrons. The van der Waals surface area contributed by atoms with Crippen LogP contribution in [0, 0.1) is 17.3 Å². The summed E-state index contributed by atoms with van der Waals surface area (Å²) in [6.07, 6.45) is 8.38. The molecule has 0 saturated heterocycles. The van der Waals surface area contributed by atoms with Crippen molar-refractivity contribution in [2.24, 2.45) is 17.3 Å². The molecule has 0 amide bonds. The summed E-state index contributed by atoms with van der Waals surface area (Å²) in [4.78, 5) is 13.5. The van der Waals surface area contributed by atoms with Crippen LogP contribution >= 0.6 is 15.9 Å². The standard InChI is InChI=1S/C16H26BrNO2/c1-18(2)3-4-20-14(19)10-15-6-12-5-13(7-15)9-16(17,8-12)11-15/h12-13H,3-11H2,1-2H3/p+1/t12-,13+,15?,16?. The lowest BCUT2D eigenvalue weighted by Gasteiger charge is -2.60. The molecule has 0 aliphatic heterocycles. The minimum atomic E-state index is 0.0318. The SMILES string of the molecule is C[NH+](C)CCOC(=O)CC12C[C@@H]3C[C@@H](CC(Br)(C3)C1)C2. The number of likely N-dealkylation sites (N-methyl/N-ethyl adjacent to an activating group) is 1. The topological polar surface area (TPSA) is 30.7 Å². The Morgan fingerprint density at radius 3 is 2.45 bits per heavy atom. The van der Waals surface area contributed by atoms with Crippen LogP contribution in [0.15, 0.2) is 0 Å². The van der Waals surface area contributed by atoms with Gasteiger partial charge in [0.2, 0.25) is 0 Å². The van der Waals surface area contributed by atoms with E-state index in [1.807, 2.05) is 0 Å². The van der Waals surface area contributed by atoms with Crippen LogP contribution in [0.25, 0.3) is 0 Å². The highest BCUT2D eigenvalue weighted by Crippen LogP contribution is 2.65. The van der Waals surface area contributed by atoms with E-state index in [0.717, 1.165) is 18.4 Å². The summed E-state index contributed by atoms with van der Waals surface area (Å²) >= 11 is 4.00. The van der Waals surface area contributed by atoms with E-state index in [0.29, 0.717) is 17.4 Å². The smallest absolute Gasteiger partial charge is 0.306 e. The average molecular weight is 345 g/mol. The lowest BCUT2D eigenvalue weighted by atomic mass is 9.49. The lowest BCUT2D eigenvalue weighted by Crippen LogP contribution is -3.06. The quantitative estimate of drug-likeness (QED) is 0.609. The monoisotopic (exact) mass is 344 g/mol. The number of carbonyl (C=O) groups excluding carboxylic acids is 1. The fourth-order valence-electron chi connectivity index (χ4n) is 5.27. The normalized spacial score (nSPS) is 42.2. The van der Waals surface area contributed by atoms with Gasteiger partial charge in [0.25, 0.3) is 0 Å². The Morgan fingerprint density at radius 2 is 1.90 bits per heavy atom. The molecule has 2 unspecified atom stereocenters. The van der Waals surface area contributed by atoms with Gasteiger partial charge in [0.15, 0.2) is 0 Å². The van der Waals surface area contributed by atoms with Crippen molar-refractivity contribution in [3.8, 4) is 0 Å². The van der Waals surface area contributed by atoms with Gasteiger partial charge in [-0.1, -0.05) is 15.9 Å². The second-order valence-electron chi connectivity index (χ2n) is 7.97. The molecule has 4 saturated carbocycles. The molecule has 0 heterocycles. The summed E-state index contributed by atoms with van der Waals surface area (Å²) < 4.78 is 5.79. The Kier molecular flexibility index (Phi) is 3.91. The van der Waals surface area contributed by atoms with Crippen LogP contribution in [0.5, 0.6) is 0 Å². The number of alkyl halides is 1. The van der Waals surface area contributed by atoms with Crippen molar-refractivity contribution < 1.29 is 14.4 Å². The van der Waals surface area contributed by atoms with Crippen LogP contribution in [0.1, 0.15) is 44.9 Å². The fourth-order valence-corrected chi connectivity index (χ4v) is 6.78. The van der Waals surface area contributed by atoms with Crippen LogP contribution in [-0.4, -0.2) is 37.5 Å². The predicted octanol–water partition coefficient (Wildman–Crippen LogP) is 1.80. The van der Waals surface area contributed by atoms with E-state index in [9.17, 15) is 4.79 Å². The first-order chi connectivity index (χ1) is 9.38. The van der Waals surface area contributed by atoms with Gasteiger partial charge in [-0.2, -0.15) is 0 Å². The van der Waals surface area contributed by atoms with Crippen molar-refractivity contribution in [2.45, 2.75) is 49.3 Å². The molecule has 20 heavy (non-hydrogen) atoms. The Balaban J connectivity index is 1.58. The Bertz CT molecular complexity index is 382. The van der Waals surface area contributed by atoms with E-state index in [1.54, 1.807) is 0 Å². The highest BCUT2D eigenvalue weighted by atomic mass is 79.9. The number of carbonyl (C=O) groups is 1. The molecular weight excluding hydrogens is 318 g/mol. The number of hydrogen-bond acceptors (Lipinski definition) is 2. The van der Waals surface area contributed by atoms with Gasteiger partial charge in [0, 0.05) is 4.32 Å². The van der Waals surface area contributed by atoms with E-state index in [4.69, 9.17) is 4.74 Å². The Morgan fingerprint density at radius 1 is 1.25 bits per heavy atom. The highest BCUT2D eigenvalue weighted by Gasteiger charge is 2.57. The van der Waals surface area contributed by atoms with Gasteiger partial charge in [-0.3, -0.25) is 4.79 Å². The largest absolute Gasteiger partial charge is 0.460 e. The minimum absolute atomic E-state index is 0.0318. The van der Waals surface area contributed by atoms with E-state index in [2.05, 4.69) is 30.0 Å². The average Bonchev–Trinajstić information content (AvgIpc) is 2.23. The Hall–Kier alpha value is -0.0900. The van der Waals surface area contributed by atoms with Gasteiger partial charge in [-0.25, -0.2) is 0 Å². The maximum atomic E-state index is 12.2. The number of esters is 1. The van der Waals surface area contributed by atoms with E-state index in [1.165, 1.54) is 43.4 Å². The molecule has 3 nitrogen and oxygen atoms in total. The van der Waals surface area contributed by atoms with E-state index >= 15 is 0 Å². The van der Waals surface area contributed by atoms with Crippen LogP contribution in [0.4, 0.5) is 0 Å². The zero-order valence-electron chi connectivity index (χ0n) is 12.7. The summed E-state index contributed by atoms with van der Waals surface area (Å²) in [5.41, 5.74) is 0.246. The van der Waals surface area contributed by atoms with Crippen LogP contribution in [0.2, 0.25) is 0 Å². The highest BCUT2D eigenvalue weighted by molar-refractivity contribution is 9.10. The van der Waals surface area contributed by atoms with Crippen LogP contribution in [0.3, 0.4) is 0 Å². The third-order valence-electron chi connectivity index (χ3n) is 5.50. The zero-order valence-corrected chi connectivity index (χ0v) is 14.3. The molecule has 4 heteroatoms. The predicted molar refractivity (Wildman–Crippen MR) is 82.0 cm³/mol. The fraction of sp³-hybridized carbons (Fsp3) is 0.938. The van der Waals surface area contributed by atoms with Gasteiger partial charge >= 0.3 is 5.97 Å². The van der Waals surface area contributed by atoms with Gasteiger partial charge in [0.1, 0.15) is 13.2 Å². The molecule has 0 aromatic rings.